The van der Waals surface area contributed by atoms with Crippen LogP contribution in [0.2, 0.25) is 0 Å². The fourth-order valence-corrected chi connectivity index (χ4v) is 4.15. The number of H-pyrrole nitrogens is 1. The van der Waals surface area contributed by atoms with Crippen LogP contribution in [0.4, 0.5) is 4.39 Å². The van der Waals surface area contributed by atoms with Gasteiger partial charge in [-0.1, -0.05) is 0 Å². The van der Waals surface area contributed by atoms with E-state index in [1.54, 1.807) is 4.90 Å². The normalized spacial score (nSPS) is 24.1. The molecule has 142 valence electrons. The van der Waals surface area contributed by atoms with E-state index < -0.39 is 17.7 Å². The summed E-state index contributed by atoms with van der Waals surface area (Å²) in [6.45, 7) is 0. The second kappa shape index (κ2) is 6.64. The van der Waals surface area contributed by atoms with E-state index in [1.165, 1.54) is 19.2 Å². The summed E-state index contributed by atoms with van der Waals surface area (Å²) >= 11 is 0. The van der Waals surface area contributed by atoms with Crippen molar-refractivity contribution in [3.05, 3.63) is 29.8 Å². The van der Waals surface area contributed by atoms with Gasteiger partial charge in [0.2, 0.25) is 5.88 Å². The van der Waals surface area contributed by atoms with Gasteiger partial charge in [-0.05, 0) is 31.7 Å². The molecule has 3 atom stereocenters. The third-order valence-corrected chi connectivity index (χ3v) is 5.44. The van der Waals surface area contributed by atoms with Crippen molar-refractivity contribution in [3.8, 4) is 17.1 Å². The average molecular weight is 374 g/mol. The largest absolute Gasteiger partial charge is 0.481 e. The number of hydrogen-bond donors (Lipinski definition) is 2. The quantitative estimate of drug-likeness (QED) is 0.848. The number of carboxylic acid groups (broad SMARTS) is 1. The number of pyridine rings is 1. The van der Waals surface area contributed by atoms with Crippen molar-refractivity contribution in [2.24, 2.45) is 5.92 Å². The zero-order valence-electron chi connectivity index (χ0n) is 14.7. The van der Waals surface area contributed by atoms with Gasteiger partial charge in [0.25, 0.3) is 5.91 Å². The number of nitrogens with one attached hydrogen (secondary N) is 1. The molecule has 2 aliphatic heterocycles. The van der Waals surface area contributed by atoms with E-state index in [1.807, 2.05) is 0 Å². The lowest BCUT2D eigenvalue weighted by Gasteiger charge is -2.37. The van der Waals surface area contributed by atoms with Crippen molar-refractivity contribution in [1.82, 2.24) is 20.1 Å². The number of aliphatic carboxylic acids is 1. The van der Waals surface area contributed by atoms with Gasteiger partial charge in [0.05, 0.1) is 24.9 Å². The number of aromatic amines is 1. The molecule has 2 N–H and O–H groups in total. The predicted molar refractivity (Wildman–Crippen MR) is 91.7 cm³/mol. The Kier molecular flexibility index (Phi) is 4.29. The first-order valence-electron chi connectivity index (χ1n) is 8.78. The Morgan fingerprint density at radius 3 is 2.63 bits per heavy atom. The zero-order valence-corrected chi connectivity index (χ0v) is 14.7. The number of rotatable bonds is 4. The number of nitrogens with zero attached hydrogens (tertiary/aromatic N) is 3. The average Bonchev–Trinajstić information content (AvgIpc) is 3.24. The Balaban J connectivity index is 1.58. The van der Waals surface area contributed by atoms with E-state index in [9.17, 15) is 19.1 Å². The highest BCUT2D eigenvalue weighted by Gasteiger charge is 2.45. The number of carbonyl (C=O) groups excluding carboxylic acids is 1. The topological polar surface area (TPSA) is 108 Å². The van der Waals surface area contributed by atoms with Crippen LogP contribution in [0.5, 0.6) is 5.88 Å². The molecular formula is C18H19FN4O4. The molecule has 2 aromatic heterocycles. The number of carboxylic acids is 1. The van der Waals surface area contributed by atoms with Gasteiger partial charge in [-0.15, -0.1) is 0 Å². The van der Waals surface area contributed by atoms with Gasteiger partial charge >= 0.3 is 5.97 Å². The van der Waals surface area contributed by atoms with Gasteiger partial charge in [-0.3, -0.25) is 14.7 Å². The molecule has 1 amide bonds. The van der Waals surface area contributed by atoms with E-state index in [0.717, 1.165) is 19.0 Å². The molecule has 8 nitrogen and oxygen atoms in total. The fraction of sp³-hybridized carbons (Fsp3) is 0.444. The monoisotopic (exact) mass is 374 g/mol. The van der Waals surface area contributed by atoms with Crippen molar-refractivity contribution in [2.45, 2.75) is 37.8 Å². The number of hydrogen-bond acceptors (Lipinski definition) is 5. The molecule has 2 aromatic rings. The van der Waals surface area contributed by atoms with E-state index in [2.05, 4.69) is 15.2 Å². The van der Waals surface area contributed by atoms with Crippen LogP contribution >= 0.6 is 0 Å². The lowest BCUT2D eigenvalue weighted by atomic mass is 9.90. The highest BCUT2D eigenvalue weighted by atomic mass is 19.1. The fourth-order valence-electron chi connectivity index (χ4n) is 4.15. The minimum Gasteiger partial charge on any atom is -0.481 e. The number of ether oxygens (including phenoxy) is 1. The van der Waals surface area contributed by atoms with Crippen LogP contribution in [0.25, 0.3) is 11.3 Å². The molecule has 1 unspecified atom stereocenters. The highest BCUT2D eigenvalue weighted by Crippen LogP contribution is 2.39. The molecule has 2 aliphatic rings. The van der Waals surface area contributed by atoms with Crippen LogP contribution in [0.1, 0.15) is 36.2 Å². The lowest BCUT2D eigenvalue weighted by Crippen LogP contribution is -2.48. The Hall–Kier alpha value is -2.97. The standard InChI is InChI=1S/C18H19FN4O4/c1-27-16-6-12(13(19)8-20-16)14-7-15(22-21-14)17(24)23-10-2-3-11(23)5-9(4-10)18(25)26/h6-11H,2-5H2,1H3,(H,21,22)(H,25,26)/t9?,10-,11+. The Morgan fingerprint density at radius 1 is 1.30 bits per heavy atom. The third-order valence-electron chi connectivity index (χ3n) is 5.44. The van der Waals surface area contributed by atoms with Gasteiger partial charge in [0.1, 0.15) is 5.69 Å². The molecule has 2 fully saturated rings. The zero-order chi connectivity index (χ0) is 19.1. The molecule has 0 spiro atoms. The second-order valence-electron chi connectivity index (χ2n) is 6.98. The van der Waals surface area contributed by atoms with Crippen LogP contribution in [-0.4, -0.2) is 56.3 Å². The Labute approximate surface area is 154 Å². The maximum absolute atomic E-state index is 14.1. The van der Waals surface area contributed by atoms with Gasteiger partial charge in [0, 0.05) is 23.7 Å². The summed E-state index contributed by atoms with van der Waals surface area (Å²) in [6, 6.07) is 2.76. The molecule has 4 rings (SSSR count). The minimum atomic E-state index is -0.801. The first-order chi connectivity index (χ1) is 13.0. The number of fused-ring (bicyclic) bond motifs is 2. The van der Waals surface area contributed by atoms with Crippen LogP contribution in [-0.2, 0) is 4.79 Å². The van der Waals surface area contributed by atoms with E-state index in [-0.39, 0.29) is 40.8 Å². The Morgan fingerprint density at radius 2 is 2.00 bits per heavy atom. The molecule has 2 bridgehead atoms. The molecular weight excluding hydrogens is 355 g/mol. The summed E-state index contributed by atoms with van der Waals surface area (Å²) in [4.78, 5) is 29.8. The van der Waals surface area contributed by atoms with Gasteiger partial charge in [-0.25, -0.2) is 9.37 Å². The molecule has 27 heavy (non-hydrogen) atoms. The van der Waals surface area contributed by atoms with E-state index in [0.29, 0.717) is 12.8 Å². The van der Waals surface area contributed by atoms with Crippen molar-refractivity contribution in [2.75, 3.05) is 7.11 Å². The molecule has 0 aliphatic carbocycles. The number of amides is 1. The SMILES string of the molecule is COc1cc(-c2cc(C(=O)N3[C@@H]4CC[C@H]3CC(C(=O)O)C4)[nH]n2)c(F)cn1. The van der Waals surface area contributed by atoms with Crippen LogP contribution in [0, 0.1) is 11.7 Å². The maximum Gasteiger partial charge on any atom is 0.306 e. The van der Waals surface area contributed by atoms with E-state index >= 15 is 0 Å². The molecule has 0 aromatic carbocycles. The summed E-state index contributed by atoms with van der Waals surface area (Å²) in [7, 11) is 1.43. The number of piperidine rings is 1. The summed E-state index contributed by atoms with van der Waals surface area (Å²) in [5.41, 5.74) is 0.722. The van der Waals surface area contributed by atoms with Crippen molar-refractivity contribution in [1.29, 1.82) is 0 Å². The molecule has 0 saturated carbocycles. The van der Waals surface area contributed by atoms with Crippen molar-refractivity contribution in [3.63, 3.8) is 0 Å². The van der Waals surface area contributed by atoms with Crippen LogP contribution < -0.4 is 4.74 Å². The minimum absolute atomic E-state index is 0.0816. The van der Waals surface area contributed by atoms with Crippen molar-refractivity contribution < 1.29 is 23.8 Å². The van der Waals surface area contributed by atoms with Crippen LogP contribution in [0.15, 0.2) is 18.3 Å². The van der Waals surface area contributed by atoms with Gasteiger partial charge in [0.15, 0.2) is 5.82 Å². The highest BCUT2D eigenvalue weighted by molar-refractivity contribution is 5.94. The molecule has 2 saturated heterocycles. The summed E-state index contributed by atoms with van der Waals surface area (Å²) in [5.74, 6) is -1.75. The summed E-state index contributed by atoms with van der Waals surface area (Å²) in [6.07, 6.45) is 3.58. The number of halogens is 1. The van der Waals surface area contributed by atoms with Gasteiger partial charge < -0.3 is 14.7 Å². The summed E-state index contributed by atoms with van der Waals surface area (Å²) in [5, 5.41) is 16.0. The Bertz CT molecular complexity index is 885. The lowest BCUT2D eigenvalue weighted by molar-refractivity contribution is -0.144. The first-order valence-corrected chi connectivity index (χ1v) is 8.78. The summed E-state index contributed by atoms with van der Waals surface area (Å²) < 4.78 is 19.1. The molecule has 0 radical (unpaired) electrons. The second-order valence-corrected chi connectivity index (χ2v) is 6.98. The third kappa shape index (κ3) is 3.02. The van der Waals surface area contributed by atoms with Gasteiger partial charge in [-0.2, -0.15) is 5.10 Å². The van der Waals surface area contributed by atoms with E-state index in [4.69, 9.17) is 4.74 Å². The predicted octanol–water partition coefficient (Wildman–Crippen LogP) is 2.09. The maximum atomic E-state index is 14.1. The molecule has 9 heteroatoms. The number of aromatic nitrogens is 3. The number of carbonyl (C=O) groups is 2. The smallest absolute Gasteiger partial charge is 0.306 e. The number of methoxy groups -OCH3 is 1. The first kappa shape index (κ1) is 17.4. The van der Waals surface area contributed by atoms with Crippen LogP contribution in [0.3, 0.4) is 0 Å². The molecule has 4 heterocycles. The van der Waals surface area contributed by atoms with Crippen molar-refractivity contribution >= 4 is 11.9 Å².